The van der Waals surface area contributed by atoms with E-state index in [1.165, 1.54) is 0 Å². The summed E-state index contributed by atoms with van der Waals surface area (Å²) in [4.78, 5) is -0.997. The molecule has 27 heavy (non-hydrogen) atoms. The topological polar surface area (TPSA) is 86.2 Å². The lowest BCUT2D eigenvalue weighted by Gasteiger charge is -2.09. The summed E-state index contributed by atoms with van der Waals surface area (Å²) in [7, 11) is -4.46. The lowest BCUT2D eigenvalue weighted by Crippen LogP contribution is -2.14. The fourth-order valence-corrected chi connectivity index (χ4v) is 3.47. The Hall–Kier alpha value is -2.17. The van der Waals surface area contributed by atoms with Crippen LogP contribution in [-0.4, -0.2) is 13.6 Å². The largest absolute Gasteiger partial charge is 0.357 e. The van der Waals surface area contributed by atoms with E-state index in [1.54, 1.807) is 18.2 Å². The summed E-state index contributed by atoms with van der Waals surface area (Å²) < 4.78 is 70.7. The molecule has 0 saturated carbocycles. The van der Waals surface area contributed by atoms with Gasteiger partial charge in [0, 0.05) is 15.6 Å². The van der Waals surface area contributed by atoms with Crippen molar-refractivity contribution in [2.75, 3.05) is 0 Å². The van der Waals surface area contributed by atoms with Crippen molar-refractivity contribution < 1.29 is 26.1 Å². The molecule has 2 N–H and O–H groups in total. The maximum atomic E-state index is 14.6. The van der Waals surface area contributed by atoms with Gasteiger partial charge in [0.15, 0.2) is 12.4 Å². The number of aromatic nitrogens is 1. The van der Waals surface area contributed by atoms with Crippen LogP contribution in [0.25, 0.3) is 22.4 Å². The van der Waals surface area contributed by atoms with Crippen LogP contribution in [0.4, 0.5) is 13.2 Å². The molecular formula is C17H12BrF3N2O3S. The summed E-state index contributed by atoms with van der Waals surface area (Å²) in [6, 6.07) is 6.16. The Bertz CT molecular complexity index is 1150. The van der Waals surface area contributed by atoms with Crippen molar-refractivity contribution in [3.8, 4) is 22.4 Å². The third-order valence-corrected chi connectivity index (χ3v) is 5.73. The summed E-state index contributed by atoms with van der Waals surface area (Å²) in [5, 5.41) is 8.66. The number of primary sulfonamides is 1. The Morgan fingerprint density at radius 1 is 1.19 bits per heavy atom. The van der Waals surface area contributed by atoms with Crippen LogP contribution < -0.4 is 5.14 Å². The van der Waals surface area contributed by atoms with Crippen molar-refractivity contribution in [1.82, 2.24) is 5.16 Å². The summed E-state index contributed by atoms with van der Waals surface area (Å²) in [6.07, 6.45) is 0. The van der Waals surface area contributed by atoms with E-state index in [0.29, 0.717) is 17.7 Å². The monoisotopic (exact) mass is 460 g/mol. The van der Waals surface area contributed by atoms with Crippen molar-refractivity contribution in [3.05, 3.63) is 57.8 Å². The summed E-state index contributed by atoms with van der Waals surface area (Å²) in [5.41, 5.74) is 0.935. The molecule has 1 heterocycles. The molecule has 0 aliphatic heterocycles. The van der Waals surface area contributed by atoms with Crippen molar-refractivity contribution in [2.45, 2.75) is 18.5 Å². The highest BCUT2D eigenvalue weighted by Gasteiger charge is 2.26. The molecule has 5 nitrogen and oxygen atoms in total. The number of nitrogens with zero attached hydrogens (tertiary/aromatic N) is 1. The first-order chi connectivity index (χ1) is 12.6. The zero-order valence-electron chi connectivity index (χ0n) is 13.8. The number of rotatable bonds is 4. The molecule has 0 spiro atoms. The van der Waals surface area contributed by atoms with E-state index in [2.05, 4.69) is 21.1 Å². The molecular weight excluding hydrogens is 449 g/mol. The normalized spacial score (nSPS) is 11.8. The zero-order chi connectivity index (χ0) is 19.9. The highest BCUT2D eigenvalue weighted by molar-refractivity contribution is 9.10. The van der Waals surface area contributed by atoms with Crippen LogP contribution in [0.2, 0.25) is 0 Å². The Morgan fingerprint density at radius 2 is 1.89 bits per heavy atom. The molecule has 3 aromatic rings. The van der Waals surface area contributed by atoms with Gasteiger partial charge in [-0.2, -0.15) is 0 Å². The molecule has 0 bridgehead atoms. The second-order valence-corrected chi connectivity index (χ2v) is 8.12. The summed E-state index contributed by atoms with van der Waals surface area (Å²) in [6.45, 7) is 0.695. The van der Waals surface area contributed by atoms with E-state index in [1.807, 2.05) is 6.92 Å². The molecule has 0 fully saturated rings. The Morgan fingerprint density at radius 3 is 2.48 bits per heavy atom. The molecule has 0 amide bonds. The van der Waals surface area contributed by atoms with Gasteiger partial charge in [0.05, 0.1) is 5.56 Å². The predicted molar refractivity (Wildman–Crippen MR) is 95.9 cm³/mol. The van der Waals surface area contributed by atoms with E-state index in [4.69, 9.17) is 9.66 Å². The molecule has 0 saturated heterocycles. The third-order valence-electron chi connectivity index (χ3n) is 3.91. The third kappa shape index (κ3) is 3.64. The number of alkyl halides is 1. The van der Waals surface area contributed by atoms with E-state index in [-0.39, 0.29) is 22.6 Å². The van der Waals surface area contributed by atoms with Gasteiger partial charge in [-0.05, 0) is 36.8 Å². The minimum atomic E-state index is -4.46. The number of hydrogen-bond acceptors (Lipinski definition) is 4. The molecule has 0 aliphatic rings. The lowest BCUT2D eigenvalue weighted by molar-refractivity contribution is 0.332. The maximum Gasteiger partial charge on any atom is 0.241 e. The SMILES string of the molecule is Cc1cc(-c2noc(CF)c2-c2cc(F)c(S(N)(=O)=O)cc2F)ccc1Br. The van der Waals surface area contributed by atoms with Crippen LogP contribution in [0.1, 0.15) is 11.3 Å². The molecule has 10 heteroatoms. The Labute approximate surface area is 161 Å². The van der Waals surface area contributed by atoms with Crippen LogP contribution in [0, 0.1) is 18.6 Å². The second kappa shape index (κ2) is 7.10. The highest BCUT2D eigenvalue weighted by atomic mass is 79.9. The number of hydrogen-bond donors (Lipinski definition) is 1. The van der Waals surface area contributed by atoms with Crippen LogP contribution in [-0.2, 0) is 16.7 Å². The van der Waals surface area contributed by atoms with Gasteiger partial charge in [0.25, 0.3) is 0 Å². The van der Waals surface area contributed by atoms with Gasteiger partial charge in [0.2, 0.25) is 10.0 Å². The minimum Gasteiger partial charge on any atom is -0.357 e. The highest BCUT2D eigenvalue weighted by Crippen LogP contribution is 2.38. The molecule has 1 aromatic heterocycles. The maximum absolute atomic E-state index is 14.6. The molecule has 0 aliphatic carbocycles. The molecule has 2 aromatic carbocycles. The smallest absolute Gasteiger partial charge is 0.241 e. The van der Waals surface area contributed by atoms with Crippen molar-refractivity contribution >= 4 is 26.0 Å². The number of halogens is 4. The number of aryl methyl sites for hydroxylation is 1. The molecule has 0 atom stereocenters. The first-order valence-electron chi connectivity index (χ1n) is 7.46. The minimum absolute atomic E-state index is 0.0971. The van der Waals surface area contributed by atoms with Crippen LogP contribution in [0.3, 0.4) is 0 Å². The molecule has 142 valence electrons. The first-order valence-corrected chi connectivity index (χ1v) is 9.80. The van der Waals surface area contributed by atoms with E-state index in [9.17, 15) is 21.6 Å². The van der Waals surface area contributed by atoms with E-state index in [0.717, 1.165) is 10.0 Å². The van der Waals surface area contributed by atoms with Crippen molar-refractivity contribution in [3.63, 3.8) is 0 Å². The predicted octanol–water partition coefficient (Wildman–Crippen LogP) is 4.47. The second-order valence-electron chi connectivity index (χ2n) is 5.73. The van der Waals surface area contributed by atoms with Gasteiger partial charge < -0.3 is 4.52 Å². The number of benzene rings is 2. The number of sulfonamides is 1. The quantitative estimate of drug-likeness (QED) is 0.621. The van der Waals surface area contributed by atoms with E-state index >= 15 is 0 Å². The Kier molecular flexibility index (Phi) is 5.15. The lowest BCUT2D eigenvalue weighted by atomic mass is 9.98. The summed E-state index contributed by atoms with van der Waals surface area (Å²) >= 11 is 3.35. The standard InChI is InChI=1S/C17H12BrF3N2O3S/c1-8-4-9(2-3-11(8)18)17-16(14(7-19)26-23-17)10-5-13(21)15(6-12(10)20)27(22,24)25/h2-6H,7H2,1H3,(H2,22,24,25). The van der Waals surface area contributed by atoms with Crippen LogP contribution in [0.15, 0.2) is 44.2 Å². The zero-order valence-corrected chi connectivity index (χ0v) is 16.2. The van der Waals surface area contributed by atoms with E-state index < -0.39 is 33.2 Å². The molecule has 0 unspecified atom stereocenters. The van der Waals surface area contributed by atoms with Crippen molar-refractivity contribution in [1.29, 1.82) is 0 Å². The van der Waals surface area contributed by atoms with Gasteiger partial charge in [-0.25, -0.2) is 26.7 Å². The van der Waals surface area contributed by atoms with Gasteiger partial charge >= 0.3 is 0 Å². The average Bonchev–Trinajstić information content (AvgIpc) is 3.01. The number of nitrogens with two attached hydrogens (primary N) is 1. The molecule has 0 radical (unpaired) electrons. The Balaban J connectivity index is 2.27. The van der Waals surface area contributed by atoms with Crippen LogP contribution >= 0.6 is 15.9 Å². The van der Waals surface area contributed by atoms with Gasteiger partial charge in [-0.15, -0.1) is 0 Å². The fraction of sp³-hybridized carbons (Fsp3) is 0.118. The first kappa shape index (κ1) is 19.6. The van der Waals surface area contributed by atoms with Gasteiger partial charge in [0.1, 0.15) is 22.2 Å². The van der Waals surface area contributed by atoms with Gasteiger partial charge in [-0.3, -0.25) is 0 Å². The van der Waals surface area contributed by atoms with Gasteiger partial charge in [-0.1, -0.05) is 27.2 Å². The van der Waals surface area contributed by atoms with Crippen LogP contribution in [0.5, 0.6) is 0 Å². The average molecular weight is 461 g/mol. The molecule has 3 rings (SSSR count). The summed E-state index contributed by atoms with van der Waals surface area (Å²) in [5.74, 6) is -2.68. The fourth-order valence-electron chi connectivity index (χ4n) is 2.62. The van der Waals surface area contributed by atoms with Crippen molar-refractivity contribution in [2.24, 2.45) is 5.14 Å².